The average Bonchev–Trinajstić information content (AvgIpc) is 2.85. The molecule has 0 aliphatic carbocycles. The van der Waals surface area contributed by atoms with Gasteiger partial charge in [0.05, 0.1) is 10.2 Å². The van der Waals surface area contributed by atoms with Crippen molar-refractivity contribution in [2.75, 3.05) is 0 Å². The summed E-state index contributed by atoms with van der Waals surface area (Å²) in [6, 6.07) is 12.7. The number of rotatable bonds is 3. The van der Waals surface area contributed by atoms with Gasteiger partial charge in [-0.05, 0) is 40.0 Å². The van der Waals surface area contributed by atoms with Gasteiger partial charge >= 0.3 is 0 Å². The normalized spacial score (nSPS) is 11.1. The Labute approximate surface area is 121 Å². The SMILES string of the molecule is CCCc1ccc(-c2cn3cccc(Br)c3n2)cc1. The minimum Gasteiger partial charge on any atom is -0.306 e. The van der Waals surface area contributed by atoms with E-state index in [2.05, 4.69) is 58.3 Å². The molecule has 0 bridgehead atoms. The van der Waals surface area contributed by atoms with E-state index < -0.39 is 0 Å². The van der Waals surface area contributed by atoms with E-state index in [1.807, 2.05) is 22.7 Å². The van der Waals surface area contributed by atoms with Gasteiger partial charge in [-0.3, -0.25) is 0 Å². The van der Waals surface area contributed by atoms with Gasteiger partial charge in [0, 0.05) is 18.0 Å². The molecule has 2 aromatic heterocycles. The first kappa shape index (κ1) is 12.4. The van der Waals surface area contributed by atoms with Gasteiger partial charge in [0.2, 0.25) is 0 Å². The Hall–Kier alpha value is -1.61. The number of aromatic nitrogens is 2. The summed E-state index contributed by atoms with van der Waals surface area (Å²) >= 11 is 3.53. The third kappa shape index (κ3) is 2.43. The first-order chi connectivity index (χ1) is 9.28. The average molecular weight is 315 g/mol. The fourth-order valence-electron chi connectivity index (χ4n) is 2.25. The molecule has 2 heterocycles. The number of nitrogens with zero attached hydrogens (tertiary/aromatic N) is 2. The Balaban J connectivity index is 2.01. The van der Waals surface area contributed by atoms with Crippen molar-refractivity contribution in [2.45, 2.75) is 19.8 Å². The summed E-state index contributed by atoms with van der Waals surface area (Å²) in [5.74, 6) is 0. The Morgan fingerprint density at radius 3 is 2.63 bits per heavy atom. The van der Waals surface area contributed by atoms with Crippen LogP contribution < -0.4 is 0 Å². The highest BCUT2D eigenvalue weighted by Crippen LogP contribution is 2.23. The van der Waals surface area contributed by atoms with Crippen molar-refractivity contribution in [1.82, 2.24) is 9.38 Å². The third-order valence-electron chi connectivity index (χ3n) is 3.22. The zero-order valence-electron chi connectivity index (χ0n) is 10.8. The van der Waals surface area contributed by atoms with Gasteiger partial charge in [-0.25, -0.2) is 4.98 Å². The van der Waals surface area contributed by atoms with Crippen molar-refractivity contribution < 1.29 is 0 Å². The molecule has 3 aromatic rings. The van der Waals surface area contributed by atoms with E-state index in [-0.39, 0.29) is 0 Å². The van der Waals surface area contributed by atoms with Crippen LogP contribution in [0, 0.1) is 0 Å². The summed E-state index contributed by atoms with van der Waals surface area (Å²) in [4.78, 5) is 4.67. The molecule has 0 N–H and O–H groups in total. The van der Waals surface area contributed by atoms with E-state index in [9.17, 15) is 0 Å². The number of pyridine rings is 1. The zero-order chi connectivity index (χ0) is 13.2. The van der Waals surface area contributed by atoms with Crippen molar-refractivity contribution in [3.63, 3.8) is 0 Å². The molecule has 96 valence electrons. The molecule has 0 saturated heterocycles. The smallest absolute Gasteiger partial charge is 0.151 e. The van der Waals surface area contributed by atoms with Crippen LogP contribution in [0.15, 0.2) is 53.3 Å². The number of hydrogen-bond acceptors (Lipinski definition) is 1. The van der Waals surface area contributed by atoms with Crippen LogP contribution in [0.1, 0.15) is 18.9 Å². The number of aryl methyl sites for hydroxylation is 1. The molecule has 0 unspecified atom stereocenters. The van der Waals surface area contributed by atoms with E-state index in [0.29, 0.717) is 0 Å². The molecule has 3 heteroatoms. The van der Waals surface area contributed by atoms with E-state index in [1.54, 1.807) is 0 Å². The van der Waals surface area contributed by atoms with Crippen LogP contribution in [0.2, 0.25) is 0 Å². The fraction of sp³-hybridized carbons (Fsp3) is 0.188. The maximum Gasteiger partial charge on any atom is 0.151 e. The number of benzene rings is 1. The number of hydrogen-bond donors (Lipinski definition) is 0. The zero-order valence-corrected chi connectivity index (χ0v) is 12.4. The van der Waals surface area contributed by atoms with Crippen molar-refractivity contribution in [3.8, 4) is 11.3 Å². The standard InChI is InChI=1S/C16H15BrN2/c1-2-4-12-6-8-13(9-7-12)15-11-19-10-3-5-14(17)16(19)18-15/h3,5-11H,2,4H2,1H3. The first-order valence-electron chi connectivity index (χ1n) is 6.50. The van der Waals surface area contributed by atoms with Crippen molar-refractivity contribution in [2.24, 2.45) is 0 Å². The monoisotopic (exact) mass is 314 g/mol. The highest BCUT2D eigenvalue weighted by Gasteiger charge is 2.06. The van der Waals surface area contributed by atoms with Gasteiger partial charge < -0.3 is 4.40 Å². The summed E-state index contributed by atoms with van der Waals surface area (Å²) in [6.45, 7) is 2.20. The summed E-state index contributed by atoms with van der Waals surface area (Å²) in [5, 5.41) is 0. The van der Waals surface area contributed by atoms with Crippen LogP contribution in [0.4, 0.5) is 0 Å². The van der Waals surface area contributed by atoms with E-state index >= 15 is 0 Å². The van der Waals surface area contributed by atoms with Crippen molar-refractivity contribution in [1.29, 1.82) is 0 Å². The lowest BCUT2D eigenvalue weighted by Gasteiger charge is -2.00. The summed E-state index contributed by atoms with van der Waals surface area (Å²) in [6.07, 6.45) is 6.40. The second-order valence-electron chi connectivity index (χ2n) is 4.66. The van der Waals surface area contributed by atoms with Crippen molar-refractivity contribution in [3.05, 3.63) is 58.8 Å². The first-order valence-corrected chi connectivity index (χ1v) is 7.30. The van der Waals surface area contributed by atoms with Crippen molar-refractivity contribution >= 4 is 21.6 Å². The lowest BCUT2D eigenvalue weighted by Crippen LogP contribution is -1.83. The minimum atomic E-state index is 0.954. The molecule has 0 saturated carbocycles. The topological polar surface area (TPSA) is 17.3 Å². The van der Waals surface area contributed by atoms with Gasteiger partial charge in [0.25, 0.3) is 0 Å². The molecule has 0 amide bonds. The molecule has 0 aliphatic heterocycles. The number of fused-ring (bicyclic) bond motifs is 1. The van der Waals surface area contributed by atoms with Gasteiger partial charge in [0.1, 0.15) is 0 Å². The third-order valence-corrected chi connectivity index (χ3v) is 3.84. The molecular weight excluding hydrogens is 300 g/mol. The molecular formula is C16H15BrN2. The molecule has 1 aromatic carbocycles. The van der Waals surface area contributed by atoms with Gasteiger partial charge in [-0.2, -0.15) is 0 Å². The molecule has 0 radical (unpaired) electrons. The van der Waals surface area contributed by atoms with Crippen LogP contribution in [-0.4, -0.2) is 9.38 Å². The van der Waals surface area contributed by atoms with Crippen LogP contribution in [-0.2, 0) is 6.42 Å². The van der Waals surface area contributed by atoms with Crippen LogP contribution in [0.3, 0.4) is 0 Å². The predicted octanol–water partition coefficient (Wildman–Crippen LogP) is 4.72. The predicted molar refractivity (Wildman–Crippen MR) is 82.3 cm³/mol. The molecule has 0 fully saturated rings. The molecule has 0 spiro atoms. The maximum absolute atomic E-state index is 4.67. The summed E-state index contributed by atoms with van der Waals surface area (Å²) in [5.41, 5.74) is 4.51. The highest BCUT2D eigenvalue weighted by molar-refractivity contribution is 9.10. The van der Waals surface area contributed by atoms with Crippen LogP contribution in [0.5, 0.6) is 0 Å². The number of halogens is 1. The Morgan fingerprint density at radius 2 is 1.95 bits per heavy atom. The Morgan fingerprint density at radius 1 is 1.16 bits per heavy atom. The van der Waals surface area contributed by atoms with Gasteiger partial charge in [0.15, 0.2) is 5.65 Å². The van der Waals surface area contributed by atoms with E-state index in [1.165, 1.54) is 12.0 Å². The van der Waals surface area contributed by atoms with Gasteiger partial charge in [-0.1, -0.05) is 37.6 Å². The Bertz CT molecular complexity index is 698. The highest BCUT2D eigenvalue weighted by atomic mass is 79.9. The molecule has 0 atom stereocenters. The Kier molecular flexibility index (Phi) is 3.38. The maximum atomic E-state index is 4.67. The van der Waals surface area contributed by atoms with E-state index in [0.717, 1.165) is 27.8 Å². The quantitative estimate of drug-likeness (QED) is 0.684. The summed E-state index contributed by atoms with van der Waals surface area (Å²) in [7, 11) is 0. The second-order valence-corrected chi connectivity index (χ2v) is 5.51. The lowest BCUT2D eigenvalue weighted by atomic mass is 10.1. The minimum absolute atomic E-state index is 0.954. The van der Waals surface area contributed by atoms with Crippen LogP contribution >= 0.6 is 15.9 Å². The second kappa shape index (κ2) is 5.17. The largest absolute Gasteiger partial charge is 0.306 e. The molecule has 0 aliphatic rings. The van der Waals surface area contributed by atoms with Crippen LogP contribution in [0.25, 0.3) is 16.9 Å². The lowest BCUT2D eigenvalue weighted by molar-refractivity contribution is 0.922. The molecule has 19 heavy (non-hydrogen) atoms. The number of imidazole rings is 1. The fourth-order valence-corrected chi connectivity index (χ4v) is 2.69. The molecule has 3 rings (SSSR count). The summed E-state index contributed by atoms with van der Waals surface area (Å²) < 4.78 is 3.06. The van der Waals surface area contributed by atoms with E-state index in [4.69, 9.17) is 0 Å². The molecule has 2 nitrogen and oxygen atoms in total. The van der Waals surface area contributed by atoms with Gasteiger partial charge in [-0.15, -0.1) is 0 Å².